The zero-order valence-corrected chi connectivity index (χ0v) is 10.4. The molecule has 3 atom stereocenters. The lowest BCUT2D eigenvalue weighted by atomic mass is 9.68. The number of hydrogen-bond donors (Lipinski definition) is 1. The molecule has 0 radical (unpaired) electrons. The van der Waals surface area contributed by atoms with E-state index in [9.17, 15) is 0 Å². The van der Waals surface area contributed by atoms with Crippen molar-refractivity contribution in [3.63, 3.8) is 0 Å². The van der Waals surface area contributed by atoms with Gasteiger partial charge in [-0.3, -0.25) is 0 Å². The zero-order chi connectivity index (χ0) is 11.1. The first-order valence-electron chi connectivity index (χ1n) is 6.26. The minimum atomic E-state index is 0.236. The van der Waals surface area contributed by atoms with Gasteiger partial charge in [0, 0.05) is 12.7 Å². The van der Waals surface area contributed by atoms with Gasteiger partial charge in [-0.2, -0.15) is 0 Å². The third-order valence-corrected chi connectivity index (χ3v) is 4.83. The second-order valence-corrected chi connectivity index (χ2v) is 5.55. The molecular formula is C14H18ClN. The maximum Gasteiger partial charge on any atom is 0.0617 e. The molecule has 1 aromatic carbocycles. The van der Waals surface area contributed by atoms with E-state index in [2.05, 4.69) is 23.5 Å². The molecule has 2 aliphatic rings. The minimum absolute atomic E-state index is 0.236. The van der Waals surface area contributed by atoms with Crippen molar-refractivity contribution < 1.29 is 0 Å². The van der Waals surface area contributed by atoms with Gasteiger partial charge < -0.3 is 5.32 Å². The van der Waals surface area contributed by atoms with Crippen molar-refractivity contribution >= 4 is 17.3 Å². The molecule has 0 aromatic heterocycles. The molecule has 0 aliphatic heterocycles. The van der Waals surface area contributed by atoms with Gasteiger partial charge in [0.05, 0.1) is 5.38 Å². The summed E-state index contributed by atoms with van der Waals surface area (Å²) in [4.78, 5) is 0. The van der Waals surface area contributed by atoms with Crippen molar-refractivity contribution in [3.05, 3.63) is 29.3 Å². The number of anilines is 1. The summed E-state index contributed by atoms with van der Waals surface area (Å²) in [6.07, 6.45) is 5.29. The van der Waals surface area contributed by atoms with E-state index < -0.39 is 0 Å². The van der Waals surface area contributed by atoms with E-state index in [4.69, 9.17) is 11.6 Å². The molecule has 1 fully saturated rings. The summed E-state index contributed by atoms with van der Waals surface area (Å²) in [6, 6.07) is 6.52. The van der Waals surface area contributed by atoms with Crippen molar-refractivity contribution in [2.75, 3.05) is 12.4 Å². The minimum Gasteiger partial charge on any atom is -0.388 e. The number of halogens is 1. The van der Waals surface area contributed by atoms with Gasteiger partial charge in [0.15, 0.2) is 0 Å². The van der Waals surface area contributed by atoms with Crippen LogP contribution in [0.15, 0.2) is 18.2 Å². The summed E-state index contributed by atoms with van der Waals surface area (Å²) in [7, 11) is 2.01. The van der Waals surface area contributed by atoms with Gasteiger partial charge in [0.2, 0.25) is 0 Å². The van der Waals surface area contributed by atoms with Crippen LogP contribution >= 0.6 is 11.6 Å². The molecule has 1 aromatic rings. The average molecular weight is 236 g/mol. The van der Waals surface area contributed by atoms with E-state index in [0.29, 0.717) is 5.92 Å². The van der Waals surface area contributed by atoms with Gasteiger partial charge in [-0.15, -0.1) is 11.6 Å². The maximum atomic E-state index is 6.61. The third kappa shape index (κ3) is 1.45. The molecule has 16 heavy (non-hydrogen) atoms. The number of nitrogens with one attached hydrogen (secondary N) is 1. The Morgan fingerprint density at radius 3 is 3.00 bits per heavy atom. The Balaban J connectivity index is 2.14. The first-order valence-corrected chi connectivity index (χ1v) is 6.69. The summed E-state index contributed by atoms with van der Waals surface area (Å²) >= 11 is 6.61. The fraction of sp³-hybridized carbons (Fsp3) is 0.571. The Morgan fingerprint density at radius 1 is 1.31 bits per heavy atom. The summed E-state index contributed by atoms with van der Waals surface area (Å²) in [6.45, 7) is 0. The lowest BCUT2D eigenvalue weighted by molar-refractivity contribution is 0.292. The Kier molecular flexibility index (Phi) is 2.59. The molecular weight excluding hydrogens is 218 g/mol. The van der Waals surface area contributed by atoms with Crippen LogP contribution in [0.3, 0.4) is 0 Å². The van der Waals surface area contributed by atoms with Gasteiger partial charge in [0.1, 0.15) is 0 Å². The summed E-state index contributed by atoms with van der Waals surface area (Å²) in [5.41, 5.74) is 4.17. The standard InChI is InChI=1S/C14H18ClN/c1-16-12-7-3-6-11-13(12)9-4-2-5-10(8-9)14(11)15/h3,6-7,9-10,14,16H,2,4-5,8H2,1H3. The SMILES string of the molecule is CNc1cccc2c1C1CCCC(C1)C2Cl. The highest BCUT2D eigenvalue weighted by atomic mass is 35.5. The van der Waals surface area contributed by atoms with Crippen LogP contribution in [0, 0.1) is 5.92 Å². The Labute approximate surface area is 102 Å². The summed E-state index contributed by atoms with van der Waals surface area (Å²) < 4.78 is 0. The molecule has 2 aliphatic carbocycles. The predicted octanol–water partition coefficient (Wildman–Crippen LogP) is 4.30. The normalized spacial score (nSPS) is 32.0. The van der Waals surface area contributed by atoms with Crippen molar-refractivity contribution in [3.8, 4) is 0 Å². The molecule has 2 bridgehead atoms. The van der Waals surface area contributed by atoms with Crippen LogP contribution in [0.25, 0.3) is 0 Å². The molecule has 1 saturated carbocycles. The first kappa shape index (κ1) is 10.5. The van der Waals surface area contributed by atoms with E-state index in [1.807, 2.05) is 7.05 Å². The average Bonchev–Trinajstić information content (AvgIpc) is 2.36. The van der Waals surface area contributed by atoms with Crippen LogP contribution in [-0.4, -0.2) is 7.05 Å². The highest BCUT2D eigenvalue weighted by molar-refractivity contribution is 6.21. The van der Waals surface area contributed by atoms with Crippen molar-refractivity contribution in [1.82, 2.24) is 0 Å². The van der Waals surface area contributed by atoms with Crippen LogP contribution in [0.1, 0.15) is 48.1 Å². The van der Waals surface area contributed by atoms with Crippen LogP contribution in [0.5, 0.6) is 0 Å². The quantitative estimate of drug-likeness (QED) is 0.716. The first-order chi connectivity index (χ1) is 7.81. The van der Waals surface area contributed by atoms with Gasteiger partial charge in [-0.1, -0.05) is 18.6 Å². The van der Waals surface area contributed by atoms with Gasteiger partial charge >= 0.3 is 0 Å². The van der Waals surface area contributed by atoms with E-state index >= 15 is 0 Å². The van der Waals surface area contributed by atoms with Crippen molar-refractivity contribution in [2.45, 2.75) is 37.0 Å². The zero-order valence-electron chi connectivity index (χ0n) is 9.67. The van der Waals surface area contributed by atoms with Crippen LogP contribution in [0.4, 0.5) is 5.69 Å². The second-order valence-electron chi connectivity index (χ2n) is 5.08. The van der Waals surface area contributed by atoms with Gasteiger partial charge in [-0.25, -0.2) is 0 Å². The number of alkyl halides is 1. The molecule has 0 amide bonds. The van der Waals surface area contributed by atoms with Crippen molar-refractivity contribution in [2.24, 2.45) is 5.92 Å². The van der Waals surface area contributed by atoms with Crippen molar-refractivity contribution in [1.29, 1.82) is 0 Å². The van der Waals surface area contributed by atoms with E-state index in [-0.39, 0.29) is 5.38 Å². The number of fused-ring (bicyclic) bond motifs is 4. The van der Waals surface area contributed by atoms with E-state index in [0.717, 1.165) is 5.92 Å². The summed E-state index contributed by atoms with van der Waals surface area (Å²) in [5, 5.41) is 3.56. The van der Waals surface area contributed by atoms with Crippen LogP contribution in [0.2, 0.25) is 0 Å². The van der Waals surface area contributed by atoms with Crippen LogP contribution < -0.4 is 5.32 Å². The highest BCUT2D eigenvalue weighted by Gasteiger charge is 2.37. The molecule has 0 saturated heterocycles. The van der Waals surface area contributed by atoms with Gasteiger partial charge in [0.25, 0.3) is 0 Å². The largest absolute Gasteiger partial charge is 0.388 e. The molecule has 3 unspecified atom stereocenters. The van der Waals surface area contributed by atoms with Crippen LogP contribution in [-0.2, 0) is 0 Å². The number of hydrogen-bond acceptors (Lipinski definition) is 1. The fourth-order valence-electron chi connectivity index (χ4n) is 3.51. The molecule has 2 heteroatoms. The summed E-state index contributed by atoms with van der Waals surface area (Å²) in [5.74, 6) is 1.45. The lowest BCUT2D eigenvalue weighted by Crippen LogP contribution is -2.25. The fourth-order valence-corrected chi connectivity index (χ4v) is 3.93. The molecule has 0 heterocycles. The van der Waals surface area contributed by atoms with E-state index in [1.54, 1.807) is 0 Å². The third-order valence-electron chi connectivity index (χ3n) is 4.24. The second kappa shape index (κ2) is 3.96. The Morgan fingerprint density at radius 2 is 2.19 bits per heavy atom. The predicted molar refractivity (Wildman–Crippen MR) is 69.3 cm³/mol. The lowest BCUT2D eigenvalue weighted by Gasteiger charge is -2.40. The smallest absolute Gasteiger partial charge is 0.0617 e. The Bertz CT molecular complexity index is 402. The molecule has 3 rings (SSSR count). The molecule has 0 spiro atoms. The van der Waals surface area contributed by atoms with E-state index in [1.165, 1.54) is 42.5 Å². The van der Waals surface area contributed by atoms with Gasteiger partial charge in [-0.05, 0) is 48.3 Å². The molecule has 1 N–H and O–H groups in total. The monoisotopic (exact) mass is 235 g/mol. The Hall–Kier alpha value is -0.690. The maximum absolute atomic E-state index is 6.61. The number of rotatable bonds is 1. The highest BCUT2D eigenvalue weighted by Crippen LogP contribution is 2.53. The molecule has 1 nitrogen and oxygen atoms in total. The number of benzene rings is 1. The molecule has 86 valence electrons. The topological polar surface area (TPSA) is 12.0 Å².